The summed E-state index contributed by atoms with van der Waals surface area (Å²) in [5.41, 5.74) is 3.99. The number of hydrogen-bond acceptors (Lipinski definition) is 4. The molecule has 2 aromatic carbocycles. The van der Waals surface area contributed by atoms with E-state index >= 15 is 0 Å². The fourth-order valence-corrected chi connectivity index (χ4v) is 5.42. The van der Waals surface area contributed by atoms with Crippen molar-refractivity contribution in [2.24, 2.45) is 0 Å². The van der Waals surface area contributed by atoms with E-state index < -0.39 is 0 Å². The summed E-state index contributed by atoms with van der Waals surface area (Å²) in [6.07, 6.45) is 4.41. The van der Waals surface area contributed by atoms with Gasteiger partial charge in [0.1, 0.15) is 5.75 Å². The first-order valence-corrected chi connectivity index (χ1v) is 10.7. The maximum atomic E-state index is 10.1. The fourth-order valence-electron chi connectivity index (χ4n) is 4.35. The van der Waals surface area contributed by atoms with Gasteiger partial charge in [0.05, 0.1) is 11.6 Å². The van der Waals surface area contributed by atoms with Crippen molar-refractivity contribution < 1.29 is 9.84 Å². The normalized spacial score (nSPS) is 24.0. The van der Waals surface area contributed by atoms with Crippen LogP contribution < -0.4 is 4.74 Å². The minimum absolute atomic E-state index is 0.120. The number of aliphatic hydroxyl groups excluding tert-OH is 1. The average molecular weight is 384 g/mol. The van der Waals surface area contributed by atoms with Gasteiger partial charge in [-0.25, -0.2) is 0 Å². The van der Waals surface area contributed by atoms with Crippen LogP contribution in [0.3, 0.4) is 0 Å². The van der Waals surface area contributed by atoms with Crippen LogP contribution in [0.5, 0.6) is 5.75 Å². The maximum Gasteiger partial charge on any atom is 0.153 e. The van der Waals surface area contributed by atoms with Crippen molar-refractivity contribution in [2.45, 2.75) is 68.4 Å². The van der Waals surface area contributed by atoms with E-state index in [2.05, 4.69) is 68.1 Å². The Bertz CT molecular complexity index is 803. The van der Waals surface area contributed by atoms with Gasteiger partial charge in [-0.15, -0.1) is 0 Å². The summed E-state index contributed by atoms with van der Waals surface area (Å²) >= 11 is 1.78. The Morgan fingerprint density at radius 1 is 1.15 bits per heavy atom. The molecular weight excluding hydrogens is 354 g/mol. The highest BCUT2D eigenvalue weighted by Crippen LogP contribution is 2.49. The first-order valence-electron chi connectivity index (χ1n) is 9.89. The first kappa shape index (κ1) is 18.9. The smallest absolute Gasteiger partial charge is 0.153 e. The van der Waals surface area contributed by atoms with Gasteiger partial charge in [-0.1, -0.05) is 47.7 Å². The maximum absolute atomic E-state index is 10.1. The Balaban J connectivity index is 1.45. The van der Waals surface area contributed by atoms with Gasteiger partial charge < -0.3 is 9.84 Å². The predicted octanol–water partition coefficient (Wildman–Crippen LogP) is 5.30. The molecule has 0 saturated carbocycles. The van der Waals surface area contributed by atoms with Crippen LogP contribution in [0.1, 0.15) is 55.8 Å². The van der Waals surface area contributed by atoms with Crippen LogP contribution in [0.2, 0.25) is 0 Å². The summed E-state index contributed by atoms with van der Waals surface area (Å²) < 4.78 is 5.98. The molecule has 4 heteroatoms. The number of ether oxygens (including phenoxy) is 1. The number of thioether (sulfide) groups is 1. The van der Waals surface area contributed by atoms with Crippen LogP contribution in [-0.2, 0) is 6.42 Å². The molecule has 0 aromatic heterocycles. The highest BCUT2D eigenvalue weighted by Gasteiger charge is 2.36. The van der Waals surface area contributed by atoms with E-state index in [0.717, 1.165) is 31.4 Å². The molecule has 2 aliphatic heterocycles. The molecule has 0 spiro atoms. The Hall–Kier alpha value is -1.49. The van der Waals surface area contributed by atoms with Crippen LogP contribution >= 0.6 is 11.8 Å². The Morgan fingerprint density at radius 3 is 2.67 bits per heavy atom. The molecule has 0 bridgehead atoms. The van der Waals surface area contributed by atoms with Gasteiger partial charge in [0.25, 0.3) is 0 Å². The minimum Gasteiger partial charge on any atom is -0.476 e. The standard InChI is InChI=1S/C23H29NO2S/c1-16-4-6-17(7-5-16)8-10-19-11-12-20(24(19)15-25)18-9-13-21-22(14-18)27-23(2,3)26-21/h4-7,9,13-14,19-20,25H,8,10-12,15H2,1-3H3. The SMILES string of the molecule is Cc1ccc(CCC2CCC(c3ccc4c(c3)SC(C)(C)O4)N2CO)cc1. The van der Waals surface area contributed by atoms with Crippen LogP contribution in [-0.4, -0.2) is 27.7 Å². The molecule has 3 nitrogen and oxygen atoms in total. The average Bonchev–Trinajstić information content (AvgIpc) is 3.18. The molecule has 2 heterocycles. The van der Waals surface area contributed by atoms with Gasteiger partial charge in [0.2, 0.25) is 0 Å². The predicted molar refractivity (Wildman–Crippen MR) is 111 cm³/mol. The highest BCUT2D eigenvalue weighted by atomic mass is 32.2. The third-order valence-corrected chi connectivity index (χ3v) is 6.87. The zero-order valence-electron chi connectivity index (χ0n) is 16.4. The largest absolute Gasteiger partial charge is 0.476 e. The molecule has 2 aliphatic rings. The zero-order chi connectivity index (χ0) is 19.0. The molecule has 1 saturated heterocycles. The van der Waals surface area contributed by atoms with Crippen molar-refractivity contribution >= 4 is 11.8 Å². The number of fused-ring (bicyclic) bond motifs is 1. The van der Waals surface area contributed by atoms with Crippen molar-refractivity contribution in [3.63, 3.8) is 0 Å². The summed E-state index contributed by atoms with van der Waals surface area (Å²) in [6.45, 7) is 6.46. The molecule has 0 radical (unpaired) electrons. The second-order valence-corrected chi connectivity index (χ2v) is 9.86. The third-order valence-electron chi connectivity index (χ3n) is 5.76. The molecule has 1 fully saturated rings. The molecular formula is C23H29NO2S. The van der Waals surface area contributed by atoms with E-state index in [1.165, 1.54) is 21.6 Å². The minimum atomic E-state index is -0.191. The molecule has 0 aliphatic carbocycles. The van der Waals surface area contributed by atoms with E-state index in [-0.39, 0.29) is 11.7 Å². The monoisotopic (exact) mass is 383 g/mol. The number of aliphatic hydroxyl groups is 1. The van der Waals surface area contributed by atoms with Gasteiger partial charge in [0, 0.05) is 12.1 Å². The summed E-state index contributed by atoms with van der Waals surface area (Å²) in [7, 11) is 0. The Labute approximate surface area is 166 Å². The second kappa shape index (κ2) is 7.50. The number of benzene rings is 2. The summed E-state index contributed by atoms with van der Waals surface area (Å²) in [5, 5.41) is 10.1. The number of rotatable bonds is 5. The zero-order valence-corrected chi connectivity index (χ0v) is 17.3. The van der Waals surface area contributed by atoms with Crippen molar-refractivity contribution in [3.8, 4) is 5.75 Å². The lowest BCUT2D eigenvalue weighted by Crippen LogP contribution is -2.32. The number of aryl methyl sites for hydroxylation is 2. The van der Waals surface area contributed by atoms with Gasteiger partial charge in [-0.05, 0) is 69.7 Å². The molecule has 4 rings (SSSR count). The van der Waals surface area contributed by atoms with Gasteiger partial charge in [-0.3, -0.25) is 4.90 Å². The molecule has 1 N–H and O–H groups in total. The second-order valence-electron chi connectivity index (χ2n) is 8.24. The summed E-state index contributed by atoms with van der Waals surface area (Å²) in [6, 6.07) is 16.1. The highest BCUT2D eigenvalue weighted by molar-refractivity contribution is 8.00. The first-order chi connectivity index (χ1) is 12.9. The fraction of sp³-hybridized carbons (Fsp3) is 0.478. The van der Waals surface area contributed by atoms with Gasteiger partial charge in [0.15, 0.2) is 4.93 Å². The third kappa shape index (κ3) is 4.03. The molecule has 2 atom stereocenters. The molecule has 2 aromatic rings. The van der Waals surface area contributed by atoms with E-state index in [9.17, 15) is 5.11 Å². The van der Waals surface area contributed by atoms with Crippen LogP contribution in [0.25, 0.3) is 0 Å². The van der Waals surface area contributed by atoms with Crippen LogP contribution in [0, 0.1) is 6.92 Å². The lowest BCUT2D eigenvalue weighted by molar-refractivity contribution is 0.0596. The summed E-state index contributed by atoms with van der Waals surface area (Å²) in [4.78, 5) is 3.31. The Kier molecular flexibility index (Phi) is 5.23. The molecule has 27 heavy (non-hydrogen) atoms. The molecule has 0 amide bonds. The van der Waals surface area contributed by atoms with Gasteiger partial charge in [-0.2, -0.15) is 0 Å². The van der Waals surface area contributed by atoms with Crippen molar-refractivity contribution in [3.05, 3.63) is 59.2 Å². The number of nitrogens with zero attached hydrogens (tertiary/aromatic N) is 1. The lowest BCUT2D eigenvalue weighted by atomic mass is 10.0. The number of hydrogen-bond donors (Lipinski definition) is 1. The quantitative estimate of drug-likeness (QED) is 0.759. The van der Waals surface area contributed by atoms with E-state index in [1.54, 1.807) is 11.8 Å². The van der Waals surface area contributed by atoms with E-state index in [0.29, 0.717) is 12.1 Å². The van der Waals surface area contributed by atoms with Crippen LogP contribution in [0.15, 0.2) is 47.4 Å². The molecule has 144 valence electrons. The van der Waals surface area contributed by atoms with Crippen molar-refractivity contribution in [2.75, 3.05) is 6.73 Å². The topological polar surface area (TPSA) is 32.7 Å². The number of likely N-dealkylation sites (tertiary alicyclic amines) is 1. The van der Waals surface area contributed by atoms with Crippen LogP contribution in [0.4, 0.5) is 0 Å². The van der Waals surface area contributed by atoms with E-state index in [1.807, 2.05) is 0 Å². The molecule has 2 unspecified atom stereocenters. The van der Waals surface area contributed by atoms with E-state index in [4.69, 9.17) is 4.74 Å². The van der Waals surface area contributed by atoms with Crippen molar-refractivity contribution in [1.29, 1.82) is 0 Å². The Morgan fingerprint density at radius 2 is 1.93 bits per heavy atom. The lowest BCUT2D eigenvalue weighted by Gasteiger charge is -2.28. The van der Waals surface area contributed by atoms with Gasteiger partial charge >= 0.3 is 0 Å². The summed E-state index contributed by atoms with van der Waals surface area (Å²) in [5.74, 6) is 0.984. The van der Waals surface area contributed by atoms with Crippen molar-refractivity contribution in [1.82, 2.24) is 4.90 Å².